The van der Waals surface area contributed by atoms with E-state index in [2.05, 4.69) is 10.3 Å². The highest BCUT2D eigenvalue weighted by atomic mass is 16.5. The van der Waals surface area contributed by atoms with Gasteiger partial charge in [0.05, 0.1) is 32.9 Å². The van der Waals surface area contributed by atoms with Gasteiger partial charge >= 0.3 is 0 Å². The highest BCUT2D eigenvalue weighted by molar-refractivity contribution is 6.36. The van der Waals surface area contributed by atoms with Crippen molar-refractivity contribution in [2.75, 3.05) is 26.1 Å². The SMILES string of the molecule is CCOc1ccc(NC2=C(c3ccc(OC)c(OC)c3)C(=O)N(Cc3ccncc3)C2=O)cc1. The largest absolute Gasteiger partial charge is 0.494 e. The molecule has 0 unspecified atom stereocenters. The minimum atomic E-state index is -0.416. The summed E-state index contributed by atoms with van der Waals surface area (Å²) >= 11 is 0. The van der Waals surface area contributed by atoms with E-state index in [1.807, 2.05) is 6.92 Å². The van der Waals surface area contributed by atoms with Gasteiger partial charge in [-0.2, -0.15) is 0 Å². The normalized spacial score (nSPS) is 13.3. The molecule has 34 heavy (non-hydrogen) atoms. The molecule has 1 N–H and O–H groups in total. The summed E-state index contributed by atoms with van der Waals surface area (Å²) in [5.41, 5.74) is 2.44. The van der Waals surface area contributed by atoms with Gasteiger partial charge in [-0.1, -0.05) is 6.07 Å². The van der Waals surface area contributed by atoms with E-state index in [-0.39, 0.29) is 17.8 Å². The van der Waals surface area contributed by atoms with Crippen LogP contribution in [0.2, 0.25) is 0 Å². The van der Waals surface area contributed by atoms with Crippen molar-refractivity contribution < 1.29 is 23.8 Å². The van der Waals surface area contributed by atoms with Crippen molar-refractivity contribution in [1.29, 1.82) is 0 Å². The maximum atomic E-state index is 13.5. The highest BCUT2D eigenvalue weighted by Gasteiger charge is 2.39. The molecule has 0 radical (unpaired) electrons. The maximum Gasteiger partial charge on any atom is 0.278 e. The number of carbonyl (C=O) groups excluding carboxylic acids is 2. The summed E-state index contributed by atoms with van der Waals surface area (Å²) in [6.07, 6.45) is 3.25. The number of amides is 2. The minimum absolute atomic E-state index is 0.130. The van der Waals surface area contributed by atoms with Crippen LogP contribution in [0, 0.1) is 0 Å². The van der Waals surface area contributed by atoms with Gasteiger partial charge in [0.2, 0.25) is 0 Å². The molecule has 3 aromatic rings. The molecule has 1 aliphatic rings. The Morgan fingerprint density at radius 2 is 1.59 bits per heavy atom. The third kappa shape index (κ3) is 4.56. The Labute approximate surface area is 197 Å². The summed E-state index contributed by atoms with van der Waals surface area (Å²) in [5.74, 6) is 0.886. The van der Waals surface area contributed by atoms with Gasteiger partial charge in [0.15, 0.2) is 11.5 Å². The zero-order valence-electron chi connectivity index (χ0n) is 19.2. The van der Waals surface area contributed by atoms with Gasteiger partial charge in [0.1, 0.15) is 11.4 Å². The average Bonchev–Trinajstić information content (AvgIpc) is 3.09. The lowest BCUT2D eigenvalue weighted by Gasteiger charge is -2.15. The summed E-state index contributed by atoms with van der Waals surface area (Å²) in [5, 5.41) is 3.15. The second-order valence-electron chi connectivity index (χ2n) is 7.45. The van der Waals surface area contributed by atoms with Gasteiger partial charge in [0.25, 0.3) is 11.8 Å². The molecule has 4 rings (SSSR count). The number of pyridine rings is 1. The second kappa shape index (κ2) is 10.1. The van der Waals surface area contributed by atoms with Crippen molar-refractivity contribution in [3.05, 3.63) is 83.8 Å². The lowest BCUT2D eigenvalue weighted by atomic mass is 10.0. The van der Waals surface area contributed by atoms with Crippen LogP contribution in [0.5, 0.6) is 17.2 Å². The van der Waals surface area contributed by atoms with Crippen LogP contribution in [0.1, 0.15) is 18.1 Å². The number of aromatic nitrogens is 1. The second-order valence-corrected chi connectivity index (χ2v) is 7.45. The molecular weight excluding hydrogens is 434 g/mol. The third-order valence-corrected chi connectivity index (χ3v) is 5.36. The molecular formula is C26H25N3O5. The lowest BCUT2D eigenvalue weighted by molar-refractivity contribution is -0.137. The molecule has 2 amide bonds. The molecule has 0 saturated carbocycles. The van der Waals surface area contributed by atoms with E-state index in [0.29, 0.717) is 29.4 Å². The number of hydrogen-bond acceptors (Lipinski definition) is 7. The fourth-order valence-corrected chi connectivity index (χ4v) is 3.71. The van der Waals surface area contributed by atoms with Crippen LogP contribution < -0.4 is 19.5 Å². The van der Waals surface area contributed by atoms with E-state index < -0.39 is 11.8 Å². The standard InChI is InChI=1S/C26H25N3O5/c1-4-34-20-8-6-19(7-9-20)28-24-23(18-5-10-21(32-2)22(15-18)33-3)25(30)29(26(24)31)16-17-11-13-27-14-12-17/h5-15,28H,4,16H2,1-3H3. The van der Waals surface area contributed by atoms with Crippen molar-refractivity contribution in [2.24, 2.45) is 0 Å². The molecule has 8 heteroatoms. The van der Waals surface area contributed by atoms with Crippen molar-refractivity contribution in [1.82, 2.24) is 9.88 Å². The van der Waals surface area contributed by atoms with Crippen LogP contribution in [0.25, 0.3) is 5.57 Å². The Morgan fingerprint density at radius 3 is 2.24 bits per heavy atom. The molecule has 2 aromatic carbocycles. The minimum Gasteiger partial charge on any atom is -0.494 e. The summed E-state index contributed by atoms with van der Waals surface area (Å²) in [6.45, 7) is 2.59. The first-order valence-corrected chi connectivity index (χ1v) is 10.8. The summed E-state index contributed by atoms with van der Waals surface area (Å²) < 4.78 is 16.2. The topological polar surface area (TPSA) is 90.0 Å². The molecule has 0 aliphatic carbocycles. The molecule has 1 aromatic heterocycles. The quantitative estimate of drug-likeness (QED) is 0.486. The predicted octanol–water partition coefficient (Wildman–Crippen LogP) is 3.89. The summed E-state index contributed by atoms with van der Waals surface area (Å²) in [7, 11) is 3.06. The number of rotatable bonds is 9. The number of nitrogens with one attached hydrogen (secondary N) is 1. The number of benzene rings is 2. The first-order valence-electron chi connectivity index (χ1n) is 10.8. The molecule has 0 bridgehead atoms. The van der Waals surface area contributed by atoms with Gasteiger partial charge in [0, 0.05) is 18.1 Å². The number of nitrogens with zero attached hydrogens (tertiary/aromatic N) is 2. The molecule has 0 saturated heterocycles. The van der Waals surface area contributed by atoms with Crippen LogP contribution in [0.4, 0.5) is 5.69 Å². The maximum absolute atomic E-state index is 13.5. The first kappa shape index (κ1) is 22.8. The van der Waals surface area contributed by atoms with E-state index in [1.165, 1.54) is 19.1 Å². The van der Waals surface area contributed by atoms with Crippen LogP contribution in [0.15, 0.2) is 72.7 Å². The molecule has 0 fully saturated rings. The van der Waals surface area contributed by atoms with Crippen molar-refractivity contribution in [3.63, 3.8) is 0 Å². The van der Waals surface area contributed by atoms with Gasteiger partial charge in [-0.15, -0.1) is 0 Å². The zero-order valence-corrected chi connectivity index (χ0v) is 19.2. The molecule has 174 valence electrons. The molecule has 0 atom stereocenters. The Hall–Kier alpha value is -4.33. The number of carbonyl (C=O) groups is 2. The summed E-state index contributed by atoms with van der Waals surface area (Å²) in [6, 6.07) is 15.9. The monoisotopic (exact) mass is 459 g/mol. The average molecular weight is 460 g/mol. The van der Waals surface area contributed by atoms with E-state index >= 15 is 0 Å². The Morgan fingerprint density at radius 1 is 0.882 bits per heavy atom. The van der Waals surface area contributed by atoms with E-state index in [9.17, 15) is 9.59 Å². The van der Waals surface area contributed by atoms with E-state index in [0.717, 1.165) is 11.3 Å². The fourth-order valence-electron chi connectivity index (χ4n) is 3.71. The van der Waals surface area contributed by atoms with Gasteiger partial charge < -0.3 is 19.5 Å². The number of anilines is 1. The van der Waals surface area contributed by atoms with Crippen LogP contribution in [-0.4, -0.2) is 42.5 Å². The third-order valence-electron chi connectivity index (χ3n) is 5.36. The van der Waals surface area contributed by atoms with E-state index in [1.54, 1.807) is 67.0 Å². The Bertz CT molecular complexity index is 1220. The number of methoxy groups -OCH3 is 2. The zero-order chi connectivity index (χ0) is 24.1. The smallest absolute Gasteiger partial charge is 0.278 e. The number of imide groups is 1. The van der Waals surface area contributed by atoms with Gasteiger partial charge in [-0.05, 0) is 66.6 Å². The van der Waals surface area contributed by atoms with Gasteiger partial charge in [-0.3, -0.25) is 19.5 Å². The Balaban J connectivity index is 1.74. The molecule has 8 nitrogen and oxygen atoms in total. The fraction of sp³-hybridized carbons (Fsp3) is 0.192. The molecule has 2 heterocycles. The Kier molecular flexibility index (Phi) is 6.77. The van der Waals surface area contributed by atoms with Gasteiger partial charge in [-0.25, -0.2) is 0 Å². The number of hydrogen-bond donors (Lipinski definition) is 1. The van der Waals surface area contributed by atoms with E-state index in [4.69, 9.17) is 14.2 Å². The summed E-state index contributed by atoms with van der Waals surface area (Å²) in [4.78, 5) is 32.2. The van der Waals surface area contributed by atoms with Crippen molar-refractivity contribution >= 4 is 23.1 Å². The first-order chi connectivity index (χ1) is 16.5. The molecule has 1 aliphatic heterocycles. The predicted molar refractivity (Wildman–Crippen MR) is 127 cm³/mol. The lowest BCUT2D eigenvalue weighted by Crippen LogP contribution is -2.32. The van der Waals surface area contributed by atoms with Crippen LogP contribution in [-0.2, 0) is 16.1 Å². The number of ether oxygens (including phenoxy) is 3. The van der Waals surface area contributed by atoms with Crippen LogP contribution >= 0.6 is 0 Å². The van der Waals surface area contributed by atoms with Crippen molar-refractivity contribution in [3.8, 4) is 17.2 Å². The molecule has 0 spiro atoms. The van der Waals surface area contributed by atoms with Crippen molar-refractivity contribution in [2.45, 2.75) is 13.5 Å². The van der Waals surface area contributed by atoms with Crippen LogP contribution in [0.3, 0.4) is 0 Å². The highest BCUT2D eigenvalue weighted by Crippen LogP contribution is 2.36.